The van der Waals surface area contributed by atoms with Gasteiger partial charge in [0.05, 0.1) is 15.4 Å². The Balaban J connectivity index is 3.24. The lowest BCUT2D eigenvalue weighted by Gasteiger charge is -2.25. The van der Waals surface area contributed by atoms with Crippen molar-refractivity contribution in [3.8, 4) is 0 Å². The third-order valence-electron chi connectivity index (χ3n) is 2.64. The molecule has 0 saturated carbocycles. The summed E-state index contributed by atoms with van der Waals surface area (Å²) >= 11 is 0. The molecule has 0 radical (unpaired) electrons. The minimum absolute atomic E-state index is 0.113. The van der Waals surface area contributed by atoms with Crippen molar-refractivity contribution in [2.45, 2.75) is 24.3 Å². The molecular weight excluding hydrogens is 300 g/mol. The normalized spacial score (nSPS) is 12.5. The van der Waals surface area contributed by atoms with Gasteiger partial charge in [-0.15, -0.1) is 0 Å². The van der Waals surface area contributed by atoms with Crippen LogP contribution >= 0.6 is 0 Å². The average Bonchev–Trinajstić information content (AvgIpc) is 2.35. The number of likely N-dealkylation sites (N-methyl/N-ethyl adjacent to an activating group) is 1. The fraction of sp³-hybridized carbons (Fsp3) is 0.455. The number of anilines is 1. The van der Waals surface area contributed by atoms with Crippen LogP contribution in [0.2, 0.25) is 0 Å². The van der Waals surface area contributed by atoms with Crippen molar-refractivity contribution in [3.05, 3.63) is 28.3 Å². The second-order valence-corrected chi connectivity index (χ2v) is 7.20. The number of nitro benzene ring substituents is 1. The van der Waals surface area contributed by atoms with Gasteiger partial charge in [-0.25, -0.2) is 8.42 Å². The first-order chi connectivity index (χ1) is 9.49. The Morgan fingerprint density at radius 3 is 2.48 bits per heavy atom. The van der Waals surface area contributed by atoms with Gasteiger partial charge in [-0.1, -0.05) is 0 Å². The van der Waals surface area contributed by atoms with Crippen molar-refractivity contribution in [1.29, 1.82) is 0 Å². The van der Waals surface area contributed by atoms with Gasteiger partial charge in [-0.2, -0.15) is 4.31 Å². The molecule has 0 aliphatic rings. The highest BCUT2D eigenvalue weighted by Gasteiger charge is 2.28. The molecule has 0 bridgehead atoms. The van der Waals surface area contributed by atoms with Crippen LogP contribution in [0, 0.1) is 10.1 Å². The number of benzene rings is 1. The number of hydrogen-bond acceptors (Lipinski definition) is 7. The third kappa shape index (κ3) is 4.11. The van der Waals surface area contributed by atoms with Gasteiger partial charge in [0.15, 0.2) is 0 Å². The zero-order valence-electron chi connectivity index (χ0n) is 11.9. The fourth-order valence-corrected chi connectivity index (χ4v) is 3.11. The number of aliphatic hydroxyl groups is 1. The minimum atomic E-state index is -3.89. The van der Waals surface area contributed by atoms with Gasteiger partial charge >= 0.3 is 0 Å². The summed E-state index contributed by atoms with van der Waals surface area (Å²) in [5.41, 5.74) is 0.447. The standard InChI is InChI=1S/C11H18N4O5S/c1-11(2,16)7-14(3)21(19,20)8-4-5-10(15(17)18)9(6-8)13-12/h4-6,13,16H,7,12H2,1-3H3. The molecule has 0 unspecified atom stereocenters. The molecule has 0 aliphatic carbocycles. The van der Waals surface area contributed by atoms with Crippen molar-refractivity contribution in [2.24, 2.45) is 5.84 Å². The van der Waals surface area contributed by atoms with Gasteiger partial charge in [-0.05, 0) is 26.0 Å². The first kappa shape index (κ1) is 17.3. The van der Waals surface area contributed by atoms with E-state index in [9.17, 15) is 23.6 Å². The molecule has 1 rings (SSSR count). The summed E-state index contributed by atoms with van der Waals surface area (Å²) in [5, 5.41) is 20.5. The lowest BCUT2D eigenvalue weighted by molar-refractivity contribution is -0.384. The number of nitrogens with zero attached hydrogens (tertiary/aromatic N) is 2. The third-order valence-corrected chi connectivity index (χ3v) is 4.44. The summed E-state index contributed by atoms with van der Waals surface area (Å²) in [4.78, 5) is 9.95. The van der Waals surface area contributed by atoms with E-state index in [-0.39, 0.29) is 22.8 Å². The molecule has 0 aromatic heterocycles. The zero-order chi connectivity index (χ0) is 16.4. The number of nitro groups is 1. The van der Waals surface area contributed by atoms with Crippen LogP contribution in [0.1, 0.15) is 13.8 Å². The molecule has 21 heavy (non-hydrogen) atoms. The Bertz CT molecular complexity index is 639. The van der Waals surface area contributed by atoms with Crippen molar-refractivity contribution < 1.29 is 18.4 Å². The van der Waals surface area contributed by atoms with E-state index in [1.807, 2.05) is 0 Å². The SMILES string of the molecule is CN(CC(C)(C)O)S(=O)(=O)c1ccc([N+](=O)[O-])c(NN)c1. The van der Waals surface area contributed by atoms with Crippen molar-refractivity contribution in [1.82, 2.24) is 4.31 Å². The van der Waals surface area contributed by atoms with Gasteiger partial charge in [0, 0.05) is 19.7 Å². The molecule has 0 amide bonds. The molecule has 9 nitrogen and oxygen atoms in total. The highest BCUT2D eigenvalue weighted by Crippen LogP contribution is 2.28. The number of nitrogens with one attached hydrogen (secondary N) is 1. The van der Waals surface area contributed by atoms with E-state index in [1.54, 1.807) is 0 Å². The summed E-state index contributed by atoms with van der Waals surface area (Å²) in [5.74, 6) is 5.18. The van der Waals surface area contributed by atoms with Crippen LogP contribution in [0.3, 0.4) is 0 Å². The van der Waals surface area contributed by atoms with Gasteiger partial charge < -0.3 is 10.5 Å². The summed E-state index contributed by atoms with van der Waals surface area (Å²) in [6.07, 6.45) is 0. The highest BCUT2D eigenvalue weighted by molar-refractivity contribution is 7.89. The number of rotatable bonds is 6. The summed E-state index contributed by atoms with van der Waals surface area (Å²) in [7, 11) is -2.58. The van der Waals surface area contributed by atoms with Crippen LogP contribution in [0.4, 0.5) is 11.4 Å². The maximum atomic E-state index is 12.3. The van der Waals surface area contributed by atoms with E-state index in [2.05, 4.69) is 5.43 Å². The highest BCUT2D eigenvalue weighted by atomic mass is 32.2. The lowest BCUT2D eigenvalue weighted by Crippen LogP contribution is -2.39. The summed E-state index contributed by atoms with van der Waals surface area (Å²) in [6.45, 7) is 2.82. The number of sulfonamides is 1. The molecule has 10 heteroatoms. The molecule has 0 atom stereocenters. The van der Waals surface area contributed by atoms with Gasteiger partial charge in [-0.3, -0.25) is 16.0 Å². The Hall–Kier alpha value is -1.75. The maximum Gasteiger partial charge on any atom is 0.293 e. The molecule has 1 aromatic carbocycles. The van der Waals surface area contributed by atoms with Crippen LogP contribution < -0.4 is 11.3 Å². The van der Waals surface area contributed by atoms with Crippen LogP contribution in [-0.4, -0.2) is 41.9 Å². The van der Waals surface area contributed by atoms with Crippen LogP contribution in [0.25, 0.3) is 0 Å². The van der Waals surface area contributed by atoms with Gasteiger partial charge in [0.2, 0.25) is 10.0 Å². The van der Waals surface area contributed by atoms with Gasteiger partial charge in [0.25, 0.3) is 5.69 Å². The van der Waals surface area contributed by atoms with E-state index in [0.717, 1.165) is 22.5 Å². The van der Waals surface area contributed by atoms with Crippen LogP contribution in [0.5, 0.6) is 0 Å². The molecule has 1 aromatic rings. The molecule has 4 N–H and O–H groups in total. The number of nitrogen functional groups attached to an aromatic ring is 1. The zero-order valence-corrected chi connectivity index (χ0v) is 12.7. The number of hydrazine groups is 1. The first-order valence-electron chi connectivity index (χ1n) is 5.93. The second-order valence-electron chi connectivity index (χ2n) is 5.15. The quantitative estimate of drug-likeness (QED) is 0.388. The molecule has 0 heterocycles. The average molecular weight is 318 g/mol. The Morgan fingerprint density at radius 2 is 2.05 bits per heavy atom. The van der Waals surface area contributed by atoms with Crippen LogP contribution in [0.15, 0.2) is 23.1 Å². The topological polar surface area (TPSA) is 139 Å². The minimum Gasteiger partial charge on any atom is -0.389 e. The predicted octanol–water partition coefficient (Wildman–Crippen LogP) is 0.272. The fourth-order valence-electron chi connectivity index (χ4n) is 1.76. The maximum absolute atomic E-state index is 12.3. The molecular formula is C11H18N4O5S. The Morgan fingerprint density at radius 1 is 1.48 bits per heavy atom. The molecule has 0 spiro atoms. The predicted molar refractivity (Wildman–Crippen MR) is 77.0 cm³/mol. The van der Waals surface area contributed by atoms with E-state index in [1.165, 1.54) is 20.9 Å². The van der Waals surface area contributed by atoms with E-state index in [0.29, 0.717) is 0 Å². The van der Waals surface area contributed by atoms with Gasteiger partial charge in [0.1, 0.15) is 5.69 Å². The Kier molecular flexibility index (Phi) is 4.89. The number of nitrogens with two attached hydrogens (primary N) is 1. The summed E-state index contributed by atoms with van der Waals surface area (Å²) in [6, 6.07) is 3.25. The molecule has 0 saturated heterocycles. The van der Waals surface area contributed by atoms with E-state index < -0.39 is 20.5 Å². The van der Waals surface area contributed by atoms with Crippen LogP contribution in [-0.2, 0) is 10.0 Å². The first-order valence-corrected chi connectivity index (χ1v) is 7.37. The number of hydrogen-bond donors (Lipinski definition) is 3. The largest absolute Gasteiger partial charge is 0.389 e. The van der Waals surface area contributed by atoms with Crippen molar-refractivity contribution in [3.63, 3.8) is 0 Å². The second kappa shape index (κ2) is 5.93. The monoisotopic (exact) mass is 318 g/mol. The Labute approximate surface area is 122 Å². The molecule has 118 valence electrons. The van der Waals surface area contributed by atoms with Crippen molar-refractivity contribution in [2.75, 3.05) is 19.0 Å². The lowest BCUT2D eigenvalue weighted by atomic mass is 10.1. The smallest absolute Gasteiger partial charge is 0.293 e. The van der Waals surface area contributed by atoms with E-state index in [4.69, 9.17) is 5.84 Å². The molecule has 0 aliphatic heterocycles. The molecule has 0 fully saturated rings. The summed E-state index contributed by atoms with van der Waals surface area (Å²) < 4.78 is 25.6. The van der Waals surface area contributed by atoms with E-state index >= 15 is 0 Å². The van der Waals surface area contributed by atoms with Crippen molar-refractivity contribution >= 4 is 21.4 Å².